The summed E-state index contributed by atoms with van der Waals surface area (Å²) in [6.45, 7) is 12.7. The van der Waals surface area contributed by atoms with Gasteiger partial charge in [-0.1, -0.05) is 50.2 Å². The first-order valence-electron chi connectivity index (χ1n) is 8.72. The maximum atomic E-state index is 13.4. The number of carbonyl (C=O) groups is 1. The van der Waals surface area contributed by atoms with E-state index in [0.29, 0.717) is 5.92 Å². The molecule has 0 bridgehead atoms. The Morgan fingerprint density at radius 3 is 2.13 bits per heavy atom. The molecule has 0 aliphatic heterocycles. The Labute approximate surface area is 140 Å². The number of rotatable bonds is 5. The Morgan fingerprint density at radius 2 is 1.57 bits per heavy atom. The van der Waals surface area contributed by atoms with Crippen LogP contribution in [0.4, 0.5) is 0 Å². The molecule has 2 nitrogen and oxygen atoms in total. The molecule has 0 heterocycles. The average molecular weight is 311 g/mol. The van der Waals surface area contributed by atoms with Gasteiger partial charge in [-0.15, -0.1) is 0 Å². The van der Waals surface area contributed by atoms with Gasteiger partial charge >= 0.3 is 0 Å². The van der Waals surface area contributed by atoms with E-state index in [9.17, 15) is 4.79 Å². The van der Waals surface area contributed by atoms with Crippen molar-refractivity contribution in [3.05, 3.63) is 47.5 Å². The highest BCUT2D eigenvalue weighted by molar-refractivity contribution is 6.08. The van der Waals surface area contributed by atoms with Crippen LogP contribution in [0.2, 0.25) is 0 Å². The molecule has 2 heteroatoms. The van der Waals surface area contributed by atoms with Crippen LogP contribution in [0.25, 0.3) is 10.8 Å². The predicted molar refractivity (Wildman–Crippen MR) is 99.1 cm³/mol. The van der Waals surface area contributed by atoms with Gasteiger partial charge in [-0.05, 0) is 56.4 Å². The summed E-state index contributed by atoms with van der Waals surface area (Å²) in [5.74, 6) is 0.529. The summed E-state index contributed by atoms with van der Waals surface area (Å²) in [6, 6.07) is 12.9. The zero-order valence-corrected chi connectivity index (χ0v) is 15.3. The molecule has 0 radical (unpaired) electrons. The summed E-state index contributed by atoms with van der Waals surface area (Å²) < 4.78 is 0. The van der Waals surface area contributed by atoms with Gasteiger partial charge in [0.1, 0.15) is 0 Å². The van der Waals surface area contributed by atoms with E-state index in [1.807, 2.05) is 17.0 Å². The predicted octanol–water partition coefficient (Wildman–Crippen LogP) is 5.61. The lowest BCUT2D eigenvalue weighted by atomic mass is 9.89. The molecule has 0 unspecified atom stereocenters. The molecule has 0 N–H and O–H groups in total. The zero-order chi connectivity index (χ0) is 17.1. The normalized spacial score (nSPS) is 12.9. The van der Waals surface area contributed by atoms with Crippen molar-refractivity contribution in [3.63, 3.8) is 0 Å². The van der Waals surface area contributed by atoms with Crippen LogP contribution in [0, 0.1) is 0 Å². The van der Waals surface area contributed by atoms with Gasteiger partial charge < -0.3 is 4.90 Å². The molecule has 0 aliphatic rings. The van der Waals surface area contributed by atoms with Crippen molar-refractivity contribution in [3.8, 4) is 0 Å². The number of carbonyl (C=O) groups excluding carboxylic acids is 1. The fourth-order valence-corrected chi connectivity index (χ4v) is 3.35. The fraction of sp³-hybridized carbons (Fsp3) is 0.476. The van der Waals surface area contributed by atoms with Gasteiger partial charge in [-0.3, -0.25) is 4.79 Å². The third-order valence-electron chi connectivity index (χ3n) is 4.67. The van der Waals surface area contributed by atoms with Gasteiger partial charge in [0.25, 0.3) is 5.91 Å². The molecule has 0 spiro atoms. The van der Waals surface area contributed by atoms with Crippen molar-refractivity contribution in [1.82, 2.24) is 4.90 Å². The van der Waals surface area contributed by atoms with Gasteiger partial charge in [0.05, 0.1) is 5.56 Å². The first kappa shape index (κ1) is 17.5. The quantitative estimate of drug-likeness (QED) is 0.702. The minimum absolute atomic E-state index is 0.155. The number of amides is 1. The standard InChI is InChI=1S/C21H29NO/c1-7-16(6)18-13-12-17-10-8-9-11-19(17)20(18)21(23)22(14(2)3)15(4)5/h8-16H,7H2,1-6H3/t16-/m0/s1. The lowest BCUT2D eigenvalue weighted by Gasteiger charge is -2.32. The monoisotopic (exact) mass is 311 g/mol. The molecule has 1 atom stereocenters. The second kappa shape index (κ2) is 7.16. The van der Waals surface area contributed by atoms with Crippen molar-refractivity contribution in [2.45, 2.75) is 66.0 Å². The number of nitrogens with zero attached hydrogens (tertiary/aromatic N) is 1. The number of hydrogen-bond donors (Lipinski definition) is 0. The summed E-state index contributed by atoms with van der Waals surface area (Å²) in [5, 5.41) is 2.21. The van der Waals surface area contributed by atoms with Crippen LogP contribution in [0.1, 0.15) is 69.8 Å². The van der Waals surface area contributed by atoms with Crippen molar-refractivity contribution >= 4 is 16.7 Å². The van der Waals surface area contributed by atoms with E-state index in [1.165, 1.54) is 5.56 Å². The third kappa shape index (κ3) is 3.41. The van der Waals surface area contributed by atoms with Gasteiger partial charge in [-0.2, -0.15) is 0 Å². The highest BCUT2D eigenvalue weighted by atomic mass is 16.2. The summed E-state index contributed by atoms with van der Waals surface area (Å²) in [5.41, 5.74) is 2.06. The van der Waals surface area contributed by atoms with Crippen LogP contribution in [0.5, 0.6) is 0 Å². The van der Waals surface area contributed by atoms with Crippen LogP contribution in [-0.4, -0.2) is 22.9 Å². The topological polar surface area (TPSA) is 20.3 Å². The van der Waals surface area contributed by atoms with Crippen molar-refractivity contribution < 1.29 is 4.79 Å². The van der Waals surface area contributed by atoms with E-state index in [4.69, 9.17) is 0 Å². The highest BCUT2D eigenvalue weighted by Gasteiger charge is 2.26. The van der Waals surface area contributed by atoms with Gasteiger partial charge in [0, 0.05) is 12.1 Å². The van der Waals surface area contributed by atoms with E-state index >= 15 is 0 Å². The van der Waals surface area contributed by atoms with E-state index < -0.39 is 0 Å². The lowest BCUT2D eigenvalue weighted by molar-refractivity contribution is 0.0644. The Hall–Kier alpha value is -1.83. The van der Waals surface area contributed by atoms with E-state index in [-0.39, 0.29) is 18.0 Å². The SMILES string of the molecule is CC[C@H](C)c1ccc2ccccc2c1C(=O)N(C(C)C)C(C)C. The molecule has 2 aromatic carbocycles. The van der Waals surface area contributed by atoms with Gasteiger partial charge in [0.2, 0.25) is 0 Å². The minimum atomic E-state index is 0.155. The molecule has 0 fully saturated rings. The molecule has 23 heavy (non-hydrogen) atoms. The highest BCUT2D eigenvalue weighted by Crippen LogP contribution is 2.31. The smallest absolute Gasteiger partial charge is 0.255 e. The largest absolute Gasteiger partial charge is 0.334 e. The molecule has 1 amide bonds. The maximum absolute atomic E-state index is 13.4. The zero-order valence-electron chi connectivity index (χ0n) is 15.3. The van der Waals surface area contributed by atoms with Crippen LogP contribution < -0.4 is 0 Å². The molecule has 0 aliphatic carbocycles. The van der Waals surface area contributed by atoms with Gasteiger partial charge in [-0.25, -0.2) is 0 Å². The first-order valence-corrected chi connectivity index (χ1v) is 8.72. The Bertz CT molecular complexity index is 679. The Kier molecular flexibility index (Phi) is 5.46. The second-order valence-corrected chi connectivity index (χ2v) is 6.96. The minimum Gasteiger partial charge on any atom is -0.334 e. The lowest BCUT2D eigenvalue weighted by Crippen LogP contribution is -2.42. The molecule has 0 saturated heterocycles. The second-order valence-electron chi connectivity index (χ2n) is 6.96. The third-order valence-corrected chi connectivity index (χ3v) is 4.67. The van der Waals surface area contributed by atoms with Crippen molar-refractivity contribution in [2.24, 2.45) is 0 Å². The Morgan fingerprint density at radius 1 is 0.957 bits per heavy atom. The fourth-order valence-electron chi connectivity index (χ4n) is 3.35. The van der Waals surface area contributed by atoms with E-state index in [2.05, 4.69) is 65.8 Å². The molecular weight excluding hydrogens is 282 g/mol. The molecule has 2 rings (SSSR count). The summed E-state index contributed by atoms with van der Waals surface area (Å²) >= 11 is 0. The number of fused-ring (bicyclic) bond motifs is 1. The Balaban J connectivity index is 2.71. The van der Waals surface area contributed by atoms with E-state index in [0.717, 1.165) is 22.8 Å². The summed E-state index contributed by atoms with van der Waals surface area (Å²) in [7, 11) is 0. The molecule has 0 aromatic heterocycles. The summed E-state index contributed by atoms with van der Waals surface area (Å²) in [6.07, 6.45) is 1.03. The van der Waals surface area contributed by atoms with Crippen molar-refractivity contribution in [1.29, 1.82) is 0 Å². The molecule has 0 saturated carbocycles. The van der Waals surface area contributed by atoms with Crippen LogP contribution in [0.15, 0.2) is 36.4 Å². The number of benzene rings is 2. The number of hydrogen-bond acceptors (Lipinski definition) is 1. The van der Waals surface area contributed by atoms with Crippen molar-refractivity contribution in [2.75, 3.05) is 0 Å². The average Bonchev–Trinajstić information content (AvgIpc) is 2.52. The molecule has 2 aromatic rings. The molecule has 124 valence electrons. The first-order chi connectivity index (χ1) is 10.9. The van der Waals surface area contributed by atoms with Crippen LogP contribution >= 0.6 is 0 Å². The van der Waals surface area contributed by atoms with Gasteiger partial charge in [0.15, 0.2) is 0 Å². The van der Waals surface area contributed by atoms with Crippen LogP contribution in [-0.2, 0) is 0 Å². The maximum Gasteiger partial charge on any atom is 0.255 e. The molecular formula is C21H29NO. The van der Waals surface area contributed by atoms with Crippen LogP contribution in [0.3, 0.4) is 0 Å². The van der Waals surface area contributed by atoms with E-state index in [1.54, 1.807) is 0 Å². The summed E-state index contributed by atoms with van der Waals surface area (Å²) in [4.78, 5) is 15.4.